The molecule has 1 heterocycles. The van der Waals surface area contributed by atoms with E-state index in [0.29, 0.717) is 11.4 Å². The van der Waals surface area contributed by atoms with E-state index in [1.165, 1.54) is 4.31 Å². The van der Waals surface area contributed by atoms with Crippen LogP contribution in [-0.4, -0.2) is 32.5 Å². The Morgan fingerprint density at radius 2 is 1.74 bits per heavy atom. The first kappa shape index (κ1) is 19.2. The highest BCUT2D eigenvalue weighted by Crippen LogP contribution is 2.36. The predicted octanol–water partition coefficient (Wildman–Crippen LogP) is 2.87. The third kappa shape index (κ3) is 4.08. The number of para-hydroxylation sites is 2. The third-order valence-electron chi connectivity index (χ3n) is 4.13. The lowest BCUT2D eigenvalue weighted by molar-refractivity contribution is -0.129. The fourth-order valence-electron chi connectivity index (χ4n) is 2.85. The monoisotopic (exact) mass is 388 g/mol. The highest BCUT2D eigenvalue weighted by Gasteiger charge is 2.38. The van der Waals surface area contributed by atoms with Crippen LogP contribution < -0.4 is 14.4 Å². The van der Waals surface area contributed by atoms with Gasteiger partial charge in [-0.1, -0.05) is 29.8 Å². The van der Waals surface area contributed by atoms with Gasteiger partial charge in [-0.05, 0) is 52.0 Å². The number of ether oxygens (including phenoxy) is 1. The molecule has 7 heteroatoms. The van der Waals surface area contributed by atoms with Crippen LogP contribution in [0.25, 0.3) is 0 Å². The second-order valence-electron chi connectivity index (χ2n) is 7.66. The Morgan fingerprint density at radius 1 is 1.11 bits per heavy atom. The van der Waals surface area contributed by atoms with E-state index in [-0.39, 0.29) is 17.3 Å². The molecule has 3 rings (SSSR count). The largest absolute Gasteiger partial charge is 0.476 e. The molecule has 0 aliphatic carbocycles. The average molecular weight is 388 g/mol. The molecule has 1 aliphatic rings. The topological polar surface area (TPSA) is 75.7 Å². The third-order valence-corrected chi connectivity index (χ3v) is 5.93. The molecule has 0 radical (unpaired) electrons. The molecule has 1 unspecified atom stereocenters. The van der Waals surface area contributed by atoms with E-state index in [1.807, 2.05) is 27.7 Å². The van der Waals surface area contributed by atoms with Crippen LogP contribution in [0.1, 0.15) is 26.3 Å². The fraction of sp³-hybridized carbons (Fsp3) is 0.350. The summed E-state index contributed by atoms with van der Waals surface area (Å²) in [7, 11) is -3.83. The van der Waals surface area contributed by atoms with E-state index < -0.39 is 21.7 Å². The number of anilines is 1. The molecule has 1 amide bonds. The van der Waals surface area contributed by atoms with Crippen molar-refractivity contribution in [2.75, 3.05) is 10.8 Å². The van der Waals surface area contributed by atoms with Crippen LogP contribution in [0.15, 0.2) is 53.4 Å². The first-order chi connectivity index (χ1) is 12.6. The lowest BCUT2D eigenvalue weighted by Crippen LogP contribution is -2.54. The van der Waals surface area contributed by atoms with E-state index in [0.717, 1.165) is 5.56 Å². The molecule has 0 fully saturated rings. The summed E-state index contributed by atoms with van der Waals surface area (Å²) in [4.78, 5) is 12.8. The number of fused-ring (bicyclic) bond motifs is 1. The minimum Gasteiger partial charge on any atom is -0.476 e. The summed E-state index contributed by atoms with van der Waals surface area (Å²) in [5.41, 5.74) is 0.953. The van der Waals surface area contributed by atoms with E-state index >= 15 is 0 Å². The number of hydrogen-bond donors (Lipinski definition) is 1. The zero-order valence-corrected chi connectivity index (χ0v) is 16.7. The van der Waals surface area contributed by atoms with Crippen molar-refractivity contribution in [3.05, 3.63) is 54.1 Å². The molecule has 1 atom stereocenters. The maximum atomic E-state index is 13.3. The molecule has 0 aromatic heterocycles. The molecular formula is C20H24N2O4S. The van der Waals surface area contributed by atoms with Gasteiger partial charge in [0.15, 0.2) is 6.10 Å². The first-order valence-electron chi connectivity index (χ1n) is 8.75. The van der Waals surface area contributed by atoms with E-state index in [1.54, 1.807) is 48.5 Å². The summed E-state index contributed by atoms with van der Waals surface area (Å²) < 4.78 is 33.6. The van der Waals surface area contributed by atoms with E-state index in [2.05, 4.69) is 5.32 Å². The number of nitrogens with one attached hydrogen (secondary N) is 1. The van der Waals surface area contributed by atoms with Crippen molar-refractivity contribution in [3.63, 3.8) is 0 Å². The van der Waals surface area contributed by atoms with Crippen LogP contribution in [0, 0.1) is 6.92 Å². The molecule has 0 saturated carbocycles. The highest BCUT2D eigenvalue weighted by atomic mass is 32.2. The van der Waals surface area contributed by atoms with Gasteiger partial charge in [0.05, 0.1) is 17.1 Å². The van der Waals surface area contributed by atoms with Gasteiger partial charge in [0.25, 0.3) is 15.9 Å². The SMILES string of the molecule is Cc1ccc(S(=O)(=O)N2CC(C(=O)NC(C)(C)C)Oc3ccccc32)cc1. The quantitative estimate of drug-likeness (QED) is 0.877. The van der Waals surface area contributed by atoms with Gasteiger partial charge in [-0.2, -0.15) is 0 Å². The Hall–Kier alpha value is -2.54. The molecule has 2 aromatic carbocycles. The lowest BCUT2D eigenvalue weighted by Gasteiger charge is -2.35. The number of hydrogen-bond acceptors (Lipinski definition) is 4. The minimum absolute atomic E-state index is 0.0882. The van der Waals surface area contributed by atoms with E-state index in [4.69, 9.17) is 4.74 Å². The summed E-state index contributed by atoms with van der Waals surface area (Å²) >= 11 is 0. The Labute approximate surface area is 160 Å². The second-order valence-corrected chi connectivity index (χ2v) is 9.52. The number of benzene rings is 2. The molecular weight excluding hydrogens is 364 g/mol. The smallest absolute Gasteiger partial charge is 0.264 e. The van der Waals surface area contributed by atoms with Crippen molar-refractivity contribution < 1.29 is 17.9 Å². The Kier molecular flexibility index (Phi) is 4.90. The minimum atomic E-state index is -3.83. The Bertz CT molecular complexity index is 947. The normalized spacial score (nSPS) is 17.0. The van der Waals surface area contributed by atoms with Gasteiger partial charge >= 0.3 is 0 Å². The van der Waals surface area contributed by atoms with Gasteiger partial charge in [0, 0.05) is 5.54 Å². The van der Waals surface area contributed by atoms with Crippen molar-refractivity contribution in [2.45, 2.75) is 44.2 Å². The van der Waals surface area contributed by atoms with Crippen LogP contribution >= 0.6 is 0 Å². The van der Waals surface area contributed by atoms with Crippen LogP contribution in [0.3, 0.4) is 0 Å². The summed E-state index contributed by atoms with van der Waals surface area (Å²) in [6.45, 7) is 7.40. The second kappa shape index (κ2) is 6.88. The van der Waals surface area contributed by atoms with Gasteiger partial charge in [-0.15, -0.1) is 0 Å². The fourth-order valence-corrected chi connectivity index (χ4v) is 4.33. The summed E-state index contributed by atoms with van der Waals surface area (Å²) in [6.07, 6.45) is -0.931. The molecule has 1 N–H and O–H groups in total. The number of nitrogens with zero attached hydrogens (tertiary/aromatic N) is 1. The number of aryl methyl sites for hydroxylation is 1. The summed E-state index contributed by atoms with van der Waals surface area (Å²) in [5.74, 6) is 0.0228. The van der Waals surface area contributed by atoms with Crippen molar-refractivity contribution >= 4 is 21.6 Å². The van der Waals surface area contributed by atoms with Crippen molar-refractivity contribution in [1.82, 2.24) is 5.32 Å². The summed E-state index contributed by atoms with van der Waals surface area (Å²) in [6, 6.07) is 13.5. The zero-order chi connectivity index (χ0) is 19.8. The standard InChI is InChI=1S/C20H24N2O4S/c1-14-9-11-15(12-10-14)27(24,25)22-13-18(19(23)21-20(2,3)4)26-17-8-6-5-7-16(17)22/h5-12,18H,13H2,1-4H3,(H,21,23). The molecule has 6 nitrogen and oxygen atoms in total. The number of carbonyl (C=O) groups excluding carboxylic acids is 1. The molecule has 144 valence electrons. The van der Waals surface area contributed by atoms with Crippen molar-refractivity contribution in [2.24, 2.45) is 0 Å². The van der Waals surface area contributed by atoms with Crippen LogP contribution in [0.5, 0.6) is 5.75 Å². The highest BCUT2D eigenvalue weighted by molar-refractivity contribution is 7.92. The lowest BCUT2D eigenvalue weighted by atomic mass is 10.1. The van der Waals surface area contributed by atoms with Gasteiger partial charge in [-0.3, -0.25) is 9.10 Å². The maximum absolute atomic E-state index is 13.3. The maximum Gasteiger partial charge on any atom is 0.264 e. The number of sulfonamides is 1. The van der Waals surface area contributed by atoms with Crippen molar-refractivity contribution in [1.29, 1.82) is 0 Å². The predicted molar refractivity (Wildman–Crippen MR) is 104 cm³/mol. The van der Waals surface area contributed by atoms with Gasteiger partial charge < -0.3 is 10.1 Å². The molecule has 0 spiro atoms. The van der Waals surface area contributed by atoms with Crippen LogP contribution in [-0.2, 0) is 14.8 Å². The average Bonchev–Trinajstić information content (AvgIpc) is 2.59. The van der Waals surface area contributed by atoms with E-state index in [9.17, 15) is 13.2 Å². The van der Waals surface area contributed by atoms with Gasteiger partial charge in [-0.25, -0.2) is 8.42 Å². The number of amides is 1. The Balaban J connectivity index is 2.00. The Morgan fingerprint density at radius 3 is 2.37 bits per heavy atom. The zero-order valence-electron chi connectivity index (χ0n) is 15.9. The van der Waals surface area contributed by atoms with Gasteiger partial charge in [0.2, 0.25) is 0 Å². The molecule has 0 bridgehead atoms. The van der Waals surface area contributed by atoms with Crippen LogP contribution in [0.2, 0.25) is 0 Å². The van der Waals surface area contributed by atoms with Gasteiger partial charge in [0.1, 0.15) is 5.75 Å². The summed E-state index contributed by atoms with van der Waals surface area (Å²) in [5, 5.41) is 2.85. The van der Waals surface area contributed by atoms with Crippen LogP contribution in [0.4, 0.5) is 5.69 Å². The molecule has 1 aliphatic heterocycles. The molecule has 2 aromatic rings. The number of carbonyl (C=O) groups is 1. The molecule has 0 saturated heterocycles. The van der Waals surface area contributed by atoms with Crippen molar-refractivity contribution in [3.8, 4) is 5.75 Å². The first-order valence-corrected chi connectivity index (χ1v) is 10.2. The molecule has 27 heavy (non-hydrogen) atoms. The number of rotatable bonds is 3.